The van der Waals surface area contributed by atoms with Gasteiger partial charge in [0.1, 0.15) is 5.78 Å². The highest BCUT2D eigenvalue weighted by Crippen LogP contribution is 2.19. The van der Waals surface area contributed by atoms with E-state index in [0.717, 1.165) is 57.7 Å². The van der Waals surface area contributed by atoms with Crippen LogP contribution in [0.4, 0.5) is 0 Å². The van der Waals surface area contributed by atoms with Crippen LogP contribution in [0.1, 0.15) is 44.9 Å². The summed E-state index contributed by atoms with van der Waals surface area (Å²) in [5, 5.41) is 3.34. The molecule has 2 rings (SSSR count). The molecule has 0 amide bonds. The Balaban J connectivity index is 1.53. The van der Waals surface area contributed by atoms with Crippen LogP contribution < -0.4 is 5.32 Å². The molecule has 3 heteroatoms. The lowest BCUT2D eigenvalue weighted by atomic mass is 9.98. The first kappa shape index (κ1) is 12.1. The molecule has 92 valence electrons. The zero-order valence-corrected chi connectivity index (χ0v) is 10.0. The molecule has 2 fully saturated rings. The van der Waals surface area contributed by atoms with E-state index >= 15 is 0 Å². The molecule has 2 saturated heterocycles. The minimum atomic E-state index is 0.372. The molecular weight excluding hydrogens is 202 g/mol. The fraction of sp³-hybridized carbons (Fsp3) is 0.923. The van der Waals surface area contributed by atoms with Crippen LogP contribution in [-0.2, 0) is 9.53 Å². The molecule has 0 spiro atoms. The Hall–Kier alpha value is -0.410. The molecule has 0 aromatic rings. The zero-order valence-electron chi connectivity index (χ0n) is 10.0. The lowest BCUT2D eigenvalue weighted by Gasteiger charge is -2.09. The number of carbonyl (C=O) groups excluding carboxylic acids is 1. The Morgan fingerprint density at radius 1 is 1.25 bits per heavy atom. The van der Waals surface area contributed by atoms with Crippen LogP contribution in [-0.4, -0.2) is 31.6 Å². The van der Waals surface area contributed by atoms with E-state index in [1.807, 2.05) is 0 Å². The van der Waals surface area contributed by atoms with Gasteiger partial charge < -0.3 is 10.1 Å². The maximum atomic E-state index is 11.7. The van der Waals surface area contributed by atoms with Crippen LogP contribution in [0.2, 0.25) is 0 Å². The summed E-state index contributed by atoms with van der Waals surface area (Å²) in [7, 11) is 0. The number of ether oxygens (including phenoxy) is 1. The average Bonchev–Trinajstić information content (AvgIpc) is 2.96. The van der Waals surface area contributed by atoms with E-state index in [4.69, 9.17) is 4.74 Å². The first-order valence-corrected chi connectivity index (χ1v) is 6.68. The largest absolute Gasteiger partial charge is 0.378 e. The second-order valence-electron chi connectivity index (χ2n) is 5.11. The first-order valence-electron chi connectivity index (χ1n) is 6.68. The number of Topliss-reactive ketones (excluding diaryl/α,β-unsaturated/α-hetero) is 1. The third kappa shape index (κ3) is 3.87. The standard InChI is InChI=1S/C13H23NO2/c15-12(4-3-11-7-8-14-10-11)5-6-13-2-1-9-16-13/h11,13-14H,1-10H2. The molecule has 2 atom stereocenters. The van der Waals surface area contributed by atoms with Crippen molar-refractivity contribution in [2.45, 2.75) is 51.0 Å². The smallest absolute Gasteiger partial charge is 0.133 e. The van der Waals surface area contributed by atoms with E-state index in [1.165, 1.54) is 12.8 Å². The van der Waals surface area contributed by atoms with Crippen LogP contribution in [0.15, 0.2) is 0 Å². The van der Waals surface area contributed by atoms with Crippen molar-refractivity contribution in [1.29, 1.82) is 0 Å². The fourth-order valence-electron chi connectivity index (χ4n) is 2.64. The van der Waals surface area contributed by atoms with Crippen LogP contribution in [0.25, 0.3) is 0 Å². The Labute approximate surface area is 97.9 Å². The molecule has 2 unspecified atom stereocenters. The zero-order chi connectivity index (χ0) is 11.2. The topological polar surface area (TPSA) is 38.3 Å². The number of hydrogen-bond acceptors (Lipinski definition) is 3. The van der Waals surface area contributed by atoms with Gasteiger partial charge in [0.15, 0.2) is 0 Å². The summed E-state index contributed by atoms with van der Waals surface area (Å²) in [4.78, 5) is 11.7. The number of carbonyl (C=O) groups is 1. The van der Waals surface area contributed by atoms with Gasteiger partial charge in [-0.2, -0.15) is 0 Å². The van der Waals surface area contributed by atoms with Crippen molar-refractivity contribution in [1.82, 2.24) is 5.32 Å². The van der Waals surface area contributed by atoms with Crippen LogP contribution in [0.5, 0.6) is 0 Å². The highest BCUT2D eigenvalue weighted by molar-refractivity contribution is 5.78. The second-order valence-corrected chi connectivity index (χ2v) is 5.11. The maximum Gasteiger partial charge on any atom is 0.133 e. The summed E-state index contributed by atoms with van der Waals surface area (Å²) in [5.41, 5.74) is 0. The molecule has 16 heavy (non-hydrogen) atoms. The Morgan fingerprint density at radius 3 is 2.81 bits per heavy atom. The number of rotatable bonds is 6. The van der Waals surface area contributed by atoms with Crippen LogP contribution in [0.3, 0.4) is 0 Å². The van der Waals surface area contributed by atoms with Gasteiger partial charge >= 0.3 is 0 Å². The highest BCUT2D eigenvalue weighted by atomic mass is 16.5. The third-order valence-corrected chi connectivity index (χ3v) is 3.76. The molecule has 1 N–H and O–H groups in total. The Morgan fingerprint density at radius 2 is 2.12 bits per heavy atom. The highest BCUT2D eigenvalue weighted by Gasteiger charge is 2.18. The molecule has 0 saturated carbocycles. The van der Waals surface area contributed by atoms with Crippen molar-refractivity contribution in [3.63, 3.8) is 0 Å². The van der Waals surface area contributed by atoms with E-state index in [1.54, 1.807) is 0 Å². The van der Waals surface area contributed by atoms with Crippen LogP contribution in [0, 0.1) is 5.92 Å². The summed E-state index contributed by atoms with van der Waals surface area (Å²) in [6.07, 6.45) is 7.48. The first-order chi connectivity index (χ1) is 7.84. The summed E-state index contributed by atoms with van der Waals surface area (Å²) in [6, 6.07) is 0. The van der Waals surface area contributed by atoms with Gasteiger partial charge in [-0.1, -0.05) is 0 Å². The predicted molar refractivity (Wildman–Crippen MR) is 63.4 cm³/mol. The predicted octanol–water partition coefficient (Wildman–Crippen LogP) is 1.90. The number of nitrogens with one attached hydrogen (secondary N) is 1. The number of ketones is 1. The van der Waals surface area contributed by atoms with Gasteiger partial charge in [0.2, 0.25) is 0 Å². The van der Waals surface area contributed by atoms with E-state index in [0.29, 0.717) is 11.9 Å². The minimum Gasteiger partial charge on any atom is -0.378 e. The molecule has 0 aromatic carbocycles. The van der Waals surface area contributed by atoms with Crippen molar-refractivity contribution in [2.75, 3.05) is 19.7 Å². The molecule has 0 aliphatic carbocycles. The quantitative estimate of drug-likeness (QED) is 0.750. The van der Waals surface area contributed by atoms with Crippen LogP contribution >= 0.6 is 0 Å². The van der Waals surface area contributed by atoms with Crippen molar-refractivity contribution in [3.05, 3.63) is 0 Å². The normalized spacial score (nSPS) is 29.8. The van der Waals surface area contributed by atoms with Gasteiger partial charge in [-0.05, 0) is 51.1 Å². The molecule has 0 radical (unpaired) electrons. The lowest BCUT2D eigenvalue weighted by molar-refractivity contribution is -0.119. The maximum absolute atomic E-state index is 11.7. The van der Waals surface area contributed by atoms with Gasteiger partial charge in [0.05, 0.1) is 6.10 Å². The van der Waals surface area contributed by atoms with Crippen molar-refractivity contribution in [2.24, 2.45) is 5.92 Å². The summed E-state index contributed by atoms with van der Waals surface area (Å²) < 4.78 is 5.52. The minimum absolute atomic E-state index is 0.372. The third-order valence-electron chi connectivity index (χ3n) is 3.76. The van der Waals surface area contributed by atoms with Crippen molar-refractivity contribution >= 4 is 5.78 Å². The molecule has 3 nitrogen and oxygen atoms in total. The van der Waals surface area contributed by atoms with E-state index in [2.05, 4.69) is 5.32 Å². The van der Waals surface area contributed by atoms with E-state index < -0.39 is 0 Å². The molecule has 2 aliphatic rings. The van der Waals surface area contributed by atoms with Gasteiger partial charge in [-0.25, -0.2) is 0 Å². The van der Waals surface area contributed by atoms with E-state index in [9.17, 15) is 4.79 Å². The average molecular weight is 225 g/mol. The van der Waals surface area contributed by atoms with Gasteiger partial charge in [-0.15, -0.1) is 0 Å². The van der Waals surface area contributed by atoms with E-state index in [-0.39, 0.29) is 0 Å². The Bertz CT molecular complexity index is 196. The molecule has 0 aromatic heterocycles. The summed E-state index contributed by atoms with van der Waals surface area (Å²) in [6.45, 7) is 3.14. The van der Waals surface area contributed by atoms with Gasteiger partial charge in [0, 0.05) is 19.4 Å². The van der Waals surface area contributed by atoms with Crippen molar-refractivity contribution in [3.8, 4) is 0 Å². The molecule has 2 heterocycles. The molecule has 0 bridgehead atoms. The molecule has 2 aliphatic heterocycles. The molecular formula is C13H23NO2. The second kappa shape index (κ2) is 6.36. The lowest BCUT2D eigenvalue weighted by Crippen LogP contribution is -2.12. The summed E-state index contributed by atoms with van der Waals surface area (Å²) >= 11 is 0. The Kier molecular flexibility index (Phi) is 4.79. The monoisotopic (exact) mass is 225 g/mol. The fourth-order valence-corrected chi connectivity index (χ4v) is 2.64. The van der Waals surface area contributed by atoms with Gasteiger partial charge in [0.25, 0.3) is 0 Å². The van der Waals surface area contributed by atoms with Gasteiger partial charge in [-0.3, -0.25) is 4.79 Å². The number of hydrogen-bond donors (Lipinski definition) is 1. The summed E-state index contributed by atoms with van der Waals surface area (Å²) in [5.74, 6) is 1.18. The van der Waals surface area contributed by atoms with Crippen molar-refractivity contribution < 1.29 is 9.53 Å². The SMILES string of the molecule is O=C(CCC1CCNC1)CCC1CCCO1.